The molecular weight excluding hydrogens is 258 g/mol. The first kappa shape index (κ1) is 12.8. The average molecular weight is 277 g/mol. The molecular formula is C19H19NO. The monoisotopic (exact) mass is 277 g/mol. The summed E-state index contributed by atoms with van der Waals surface area (Å²) in [6.07, 6.45) is 4.97. The third-order valence-electron chi connectivity index (χ3n) is 5.35. The van der Waals surface area contributed by atoms with Crippen molar-refractivity contribution in [3.05, 3.63) is 75.7 Å². The lowest BCUT2D eigenvalue weighted by Gasteiger charge is -2.30. The lowest BCUT2D eigenvalue weighted by atomic mass is 9.73. The molecule has 2 atom stereocenters. The van der Waals surface area contributed by atoms with E-state index in [1.807, 2.05) is 0 Å². The van der Waals surface area contributed by atoms with Crippen molar-refractivity contribution in [2.24, 2.45) is 5.18 Å². The van der Waals surface area contributed by atoms with Gasteiger partial charge in [-0.3, -0.25) is 0 Å². The SMILES string of the molecule is O=NC1CCC2(Cc3ccccc3Cc3ccccc32)C1. The second-order valence-electron chi connectivity index (χ2n) is 6.56. The molecule has 2 aromatic carbocycles. The highest BCUT2D eigenvalue weighted by Gasteiger charge is 2.43. The van der Waals surface area contributed by atoms with E-state index in [-0.39, 0.29) is 11.5 Å². The Kier molecular flexibility index (Phi) is 2.91. The van der Waals surface area contributed by atoms with Gasteiger partial charge in [-0.05, 0) is 54.4 Å². The molecule has 106 valence electrons. The van der Waals surface area contributed by atoms with Gasteiger partial charge in [0.1, 0.15) is 0 Å². The van der Waals surface area contributed by atoms with Crippen LogP contribution in [-0.2, 0) is 18.3 Å². The number of nitrogens with zero attached hydrogens (tertiary/aromatic N) is 1. The van der Waals surface area contributed by atoms with Crippen LogP contribution < -0.4 is 0 Å². The summed E-state index contributed by atoms with van der Waals surface area (Å²) in [4.78, 5) is 11.0. The Morgan fingerprint density at radius 1 is 0.952 bits per heavy atom. The highest BCUT2D eigenvalue weighted by molar-refractivity contribution is 5.46. The van der Waals surface area contributed by atoms with Gasteiger partial charge in [-0.25, -0.2) is 0 Å². The summed E-state index contributed by atoms with van der Waals surface area (Å²) in [5, 5.41) is 3.35. The number of benzene rings is 2. The molecule has 0 heterocycles. The van der Waals surface area contributed by atoms with Gasteiger partial charge in [0.05, 0.1) is 6.04 Å². The van der Waals surface area contributed by atoms with Gasteiger partial charge in [0.2, 0.25) is 0 Å². The molecule has 2 nitrogen and oxygen atoms in total. The third-order valence-corrected chi connectivity index (χ3v) is 5.35. The molecule has 2 aliphatic rings. The predicted molar refractivity (Wildman–Crippen MR) is 84.5 cm³/mol. The van der Waals surface area contributed by atoms with Gasteiger partial charge in [-0.15, -0.1) is 0 Å². The van der Waals surface area contributed by atoms with Crippen LogP contribution in [0.4, 0.5) is 0 Å². The first-order valence-electron chi connectivity index (χ1n) is 7.78. The number of hydrogen-bond acceptors (Lipinski definition) is 2. The van der Waals surface area contributed by atoms with Crippen molar-refractivity contribution in [3.8, 4) is 0 Å². The van der Waals surface area contributed by atoms with Crippen molar-refractivity contribution in [1.29, 1.82) is 0 Å². The minimum atomic E-state index is -0.0108. The molecule has 2 aromatic rings. The predicted octanol–water partition coefficient (Wildman–Crippen LogP) is 4.39. The van der Waals surface area contributed by atoms with E-state index in [1.54, 1.807) is 0 Å². The maximum absolute atomic E-state index is 11.0. The molecule has 2 heteroatoms. The summed E-state index contributed by atoms with van der Waals surface area (Å²) in [5.74, 6) is 0. The molecule has 2 unspecified atom stereocenters. The number of rotatable bonds is 1. The van der Waals surface area contributed by atoms with Gasteiger partial charge in [0.25, 0.3) is 0 Å². The summed E-state index contributed by atoms with van der Waals surface area (Å²) in [5.41, 5.74) is 5.87. The minimum absolute atomic E-state index is 0.0108. The maximum Gasteiger partial charge on any atom is 0.0928 e. The lowest BCUT2D eigenvalue weighted by molar-refractivity contribution is 0.431. The Labute approximate surface area is 125 Å². The molecule has 21 heavy (non-hydrogen) atoms. The maximum atomic E-state index is 11.0. The van der Waals surface area contributed by atoms with Crippen molar-refractivity contribution in [2.75, 3.05) is 0 Å². The normalized spacial score (nSPS) is 27.0. The van der Waals surface area contributed by atoms with Crippen molar-refractivity contribution in [3.63, 3.8) is 0 Å². The zero-order chi connectivity index (χ0) is 14.3. The van der Waals surface area contributed by atoms with E-state index in [0.717, 1.165) is 32.1 Å². The molecule has 2 aliphatic carbocycles. The Balaban J connectivity index is 1.89. The van der Waals surface area contributed by atoms with Crippen molar-refractivity contribution in [1.82, 2.24) is 0 Å². The second-order valence-corrected chi connectivity index (χ2v) is 6.56. The smallest absolute Gasteiger partial charge is 0.0928 e. The number of hydrogen-bond donors (Lipinski definition) is 0. The molecule has 4 rings (SSSR count). The molecule has 0 bridgehead atoms. The van der Waals surface area contributed by atoms with Gasteiger partial charge in [0, 0.05) is 5.41 Å². The van der Waals surface area contributed by atoms with Crippen LogP contribution in [0.25, 0.3) is 0 Å². The van der Waals surface area contributed by atoms with Gasteiger partial charge in [-0.2, -0.15) is 4.91 Å². The minimum Gasteiger partial charge on any atom is -0.151 e. The summed E-state index contributed by atoms with van der Waals surface area (Å²) in [7, 11) is 0. The van der Waals surface area contributed by atoms with Gasteiger partial charge >= 0.3 is 0 Å². The topological polar surface area (TPSA) is 29.4 Å². The van der Waals surface area contributed by atoms with Crippen molar-refractivity contribution < 1.29 is 0 Å². The van der Waals surface area contributed by atoms with Crippen molar-refractivity contribution in [2.45, 2.75) is 43.6 Å². The van der Waals surface area contributed by atoms with Crippen LogP contribution in [0.2, 0.25) is 0 Å². The fraction of sp³-hybridized carbons (Fsp3) is 0.368. The van der Waals surface area contributed by atoms with Crippen LogP contribution in [0.15, 0.2) is 53.7 Å². The Morgan fingerprint density at radius 3 is 2.43 bits per heavy atom. The summed E-state index contributed by atoms with van der Waals surface area (Å²) in [6.45, 7) is 0. The standard InChI is InChI=1S/C19H19NO/c21-20-17-9-10-19(13-17)12-16-7-2-1-5-14(16)11-15-6-3-4-8-18(15)19/h1-8,17H,9-13H2. The largest absolute Gasteiger partial charge is 0.151 e. The van der Waals surface area contributed by atoms with E-state index in [0.29, 0.717) is 0 Å². The number of nitroso groups, excluding NO2 is 1. The van der Waals surface area contributed by atoms with Gasteiger partial charge < -0.3 is 0 Å². The Hall–Kier alpha value is -1.96. The third kappa shape index (κ3) is 2.01. The zero-order valence-corrected chi connectivity index (χ0v) is 12.1. The molecule has 0 aromatic heterocycles. The molecule has 0 saturated heterocycles. The van der Waals surface area contributed by atoms with Crippen LogP contribution in [0, 0.1) is 4.91 Å². The average Bonchev–Trinajstić information content (AvgIpc) is 2.87. The molecule has 0 amide bonds. The molecule has 1 fully saturated rings. The molecule has 0 N–H and O–H groups in total. The van der Waals surface area contributed by atoms with Crippen LogP contribution in [0.5, 0.6) is 0 Å². The van der Waals surface area contributed by atoms with Crippen LogP contribution >= 0.6 is 0 Å². The van der Waals surface area contributed by atoms with Crippen molar-refractivity contribution >= 4 is 0 Å². The first-order valence-corrected chi connectivity index (χ1v) is 7.78. The molecule has 0 radical (unpaired) electrons. The van der Waals surface area contributed by atoms with E-state index < -0.39 is 0 Å². The zero-order valence-electron chi connectivity index (χ0n) is 12.1. The molecule has 1 spiro atoms. The summed E-state index contributed by atoms with van der Waals surface area (Å²) < 4.78 is 0. The first-order chi connectivity index (χ1) is 10.3. The highest BCUT2D eigenvalue weighted by Crippen LogP contribution is 2.48. The van der Waals surface area contributed by atoms with E-state index in [1.165, 1.54) is 22.3 Å². The Morgan fingerprint density at radius 2 is 1.67 bits per heavy atom. The van der Waals surface area contributed by atoms with E-state index >= 15 is 0 Å². The fourth-order valence-corrected chi connectivity index (χ4v) is 4.35. The number of fused-ring (bicyclic) bond motifs is 3. The van der Waals surface area contributed by atoms with E-state index in [4.69, 9.17) is 0 Å². The lowest BCUT2D eigenvalue weighted by Crippen LogP contribution is -2.26. The molecule has 1 saturated carbocycles. The second kappa shape index (κ2) is 4.80. The summed E-state index contributed by atoms with van der Waals surface area (Å²) >= 11 is 0. The molecule has 0 aliphatic heterocycles. The quantitative estimate of drug-likeness (QED) is 0.711. The Bertz CT molecular complexity index is 693. The summed E-state index contributed by atoms with van der Waals surface area (Å²) in [6, 6.07) is 17.5. The van der Waals surface area contributed by atoms with Crippen LogP contribution in [-0.4, -0.2) is 6.04 Å². The van der Waals surface area contributed by atoms with Gasteiger partial charge in [0.15, 0.2) is 0 Å². The van der Waals surface area contributed by atoms with E-state index in [9.17, 15) is 4.91 Å². The fourth-order valence-electron chi connectivity index (χ4n) is 4.35. The van der Waals surface area contributed by atoms with E-state index in [2.05, 4.69) is 53.7 Å². The van der Waals surface area contributed by atoms with Gasteiger partial charge in [-0.1, -0.05) is 53.7 Å². The van der Waals surface area contributed by atoms with Crippen LogP contribution in [0.1, 0.15) is 41.5 Å². The highest BCUT2D eigenvalue weighted by atomic mass is 16.3. The van der Waals surface area contributed by atoms with Crippen LogP contribution in [0.3, 0.4) is 0 Å².